The predicted molar refractivity (Wildman–Crippen MR) is 98.8 cm³/mol. The van der Waals surface area contributed by atoms with Gasteiger partial charge in [-0.1, -0.05) is 6.07 Å². The highest BCUT2D eigenvalue weighted by Gasteiger charge is 2.32. The molecule has 9 heteroatoms. The Hall–Kier alpha value is -2.68. The molecule has 138 valence electrons. The molecule has 1 aromatic carbocycles. The van der Waals surface area contributed by atoms with Gasteiger partial charge in [-0.2, -0.15) is 0 Å². The Kier molecular flexibility index (Phi) is 5.08. The Balaban J connectivity index is 1.81. The third-order valence-electron chi connectivity index (χ3n) is 4.32. The SMILES string of the molecule is CCN(c1cc(Nc2cccc(C(=O)O)c2)ncn1)C1CCS(=O)(=O)C1. The molecular weight excluding hydrogens is 356 g/mol. The quantitative estimate of drug-likeness (QED) is 0.786. The molecule has 0 amide bonds. The van der Waals surface area contributed by atoms with E-state index < -0.39 is 15.8 Å². The standard InChI is InChI=1S/C17H20N4O4S/c1-2-21(14-6-7-26(24,25)10-14)16-9-15(18-11-19-16)20-13-5-3-4-12(8-13)17(22)23/h3-5,8-9,11,14H,2,6-7,10H2,1H3,(H,22,23)(H,18,19,20). The lowest BCUT2D eigenvalue weighted by atomic mass is 10.2. The van der Waals surface area contributed by atoms with E-state index in [1.165, 1.54) is 18.5 Å². The van der Waals surface area contributed by atoms with Gasteiger partial charge in [0.2, 0.25) is 0 Å². The second-order valence-electron chi connectivity index (χ2n) is 6.12. The third kappa shape index (κ3) is 4.10. The van der Waals surface area contributed by atoms with Crippen LogP contribution in [0.15, 0.2) is 36.7 Å². The van der Waals surface area contributed by atoms with Crippen LogP contribution in [0.5, 0.6) is 0 Å². The molecule has 1 unspecified atom stereocenters. The minimum Gasteiger partial charge on any atom is -0.478 e. The van der Waals surface area contributed by atoms with Crippen LogP contribution in [-0.2, 0) is 9.84 Å². The number of aromatic carboxylic acids is 1. The molecule has 2 N–H and O–H groups in total. The molecule has 1 saturated heterocycles. The zero-order valence-corrected chi connectivity index (χ0v) is 15.1. The number of benzene rings is 1. The Morgan fingerprint density at radius 1 is 1.35 bits per heavy atom. The number of sulfone groups is 1. The number of nitrogens with one attached hydrogen (secondary N) is 1. The second-order valence-corrected chi connectivity index (χ2v) is 8.34. The summed E-state index contributed by atoms with van der Waals surface area (Å²) in [6, 6.07) is 8.07. The molecule has 1 fully saturated rings. The van der Waals surface area contributed by atoms with E-state index in [-0.39, 0.29) is 23.1 Å². The Morgan fingerprint density at radius 3 is 2.81 bits per heavy atom. The van der Waals surface area contributed by atoms with Gasteiger partial charge in [0.1, 0.15) is 18.0 Å². The normalized spacial score (nSPS) is 18.4. The summed E-state index contributed by atoms with van der Waals surface area (Å²) < 4.78 is 23.5. The molecule has 3 rings (SSSR count). The Labute approximate surface area is 151 Å². The van der Waals surface area contributed by atoms with E-state index >= 15 is 0 Å². The van der Waals surface area contributed by atoms with Crippen LogP contribution in [0.2, 0.25) is 0 Å². The van der Waals surface area contributed by atoms with Crippen molar-refractivity contribution in [2.45, 2.75) is 19.4 Å². The maximum atomic E-state index is 11.8. The highest BCUT2D eigenvalue weighted by Crippen LogP contribution is 2.25. The average molecular weight is 376 g/mol. The first-order valence-electron chi connectivity index (χ1n) is 8.27. The van der Waals surface area contributed by atoms with Gasteiger partial charge in [0.15, 0.2) is 9.84 Å². The third-order valence-corrected chi connectivity index (χ3v) is 6.07. The maximum absolute atomic E-state index is 11.8. The van der Waals surface area contributed by atoms with Crippen molar-refractivity contribution in [1.82, 2.24) is 9.97 Å². The highest BCUT2D eigenvalue weighted by molar-refractivity contribution is 7.91. The van der Waals surface area contributed by atoms with Gasteiger partial charge < -0.3 is 15.3 Å². The van der Waals surface area contributed by atoms with Gasteiger partial charge in [0.05, 0.1) is 17.1 Å². The topological polar surface area (TPSA) is 112 Å². The lowest BCUT2D eigenvalue weighted by molar-refractivity contribution is 0.0697. The van der Waals surface area contributed by atoms with Gasteiger partial charge in [0, 0.05) is 24.3 Å². The minimum absolute atomic E-state index is 0.0944. The number of carboxylic acids is 1. The van der Waals surface area contributed by atoms with E-state index in [1.54, 1.807) is 18.2 Å². The fourth-order valence-corrected chi connectivity index (χ4v) is 4.81. The van der Waals surface area contributed by atoms with Crippen molar-refractivity contribution < 1.29 is 18.3 Å². The van der Waals surface area contributed by atoms with E-state index in [1.807, 2.05) is 11.8 Å². The molecule has 0 saturated carbocycles. The number of hydrogen-bond donors (Lipinski definition) is 2. The number of anilines is 3. The van der Waals surface area contributed by atoms with Crippen molar-refractivity contribution >= 4 is 33.1 Å². The van der Waals surface area contributed by atoms with Gasteiger partial charge in [-0.15, -0.1) is 0 Å². The maximum Gasteiger partial charge on any atom is 0.335 e. The van der Waals surface area contributed by atoms with E-state index in [2.05, 4.69) is 15.3 Å². The first kappa shape index (κ1) is 18.1. The van der Waals surface area contributed by atoms with Crippen LogP contribution in [0.3, 0.4) is 0 Å². The first-order valence-corrected chi connectivity index (χ1v) is 10.1. The van der Waals surface area contributed by atoms with E-state index in [0.29, 0.717) is 30.3 Å². The van der Waals surface area contributed by atoms with Crippen molar-refractivity contribution in [2.75, 3.05) is 28.3 Å². The smallest absolute Gasteiger partial charge is 0.335 e. The Morgan fingerprint density at radius 2 is 2.15 bits per heavy atom. The van der Waals surface area contributed by atoms with Crippen molar-refractivity contribution in [3.05, 3.63) is 42.2 Å². The van der Waals surface area contributed by atoms with Crippen molar-refractivity contribution in [3.63, 3.8) is 0 Å². The summed E-state index contributed by atoms with van der Waals surface area (Å²) in [5.41, 5.74) is 0.775. The van der Waals surface area contributed by atoms with Crippen LogP contribution in [0, 0.1) is 0 Å². The summed E-state index contributed by atoms with van der Waals surface area (Å²) in [7, 11) is -2.99. The molecule has 0 bridgehead atoms. The fraction of sp³-hybridized carbons (Fsp3) is 0.353. The summed E-state index contributed by atoms with van der Waals surface area (Å²) in [6.45, 7) is 2.58. The molecule has 0 radical (unpaired) electrons. The number of carbonyl (C=O) groups is 1. The lowest BCUT2D eigenvalue weighted by Gasteiger charge is -2.28. The minimum atomic E-state index is -2.99. The highest BCUT2D eigenvalue weighted by atomic mass is 32.2. The molecule has 2 aromatic rings. The van der Waals surface area contributed by atoms with Crippen LogP contribution in [0.4, 0.5) is 17.3 Å². The van der Waals surface area contributed by atoms with E-state index in [0.717, 1.165) is 0 Å². The zero-order valence-electron chi connectivity index (χ0n) is 14.3. The fourth-order valence-electron chi connectivity index (χ4n) is 3.08. The molecule has 2 heterocycles. The van der Waals surface area contributed by atoms with Crippen LogP contribution in [0.1, 0.15) is 23.7 Å². The van der Waals surface area contributed by atoms with E-state index in [4.69, 9.17) is 5.11 Å². The van der Waals surface area contributed by atoms with E-state index in [9.17, 15) is 13.2 Å². The molecular formula is C17H20N4O4S. The van der Waals surface area contributed by atoms with Crippen molar-refractivity contribution in [1.29, 1.82) is 0 Å². The summed E-state index contributed by atoms with van der Waals surface area (Å²) in [5, 5.41) is 12.1. The monoisotopic (exact) mass is 376 g/mol. The molecule has 1 aliphatic heterocycles. The number of nitrogens with zero attached hydrogens (tertiary/aromatic N) is 3. The number of hydrogen-bond acceptors (Lipinski definition) is 7. The molecule has 0 aliphatic carbocycles. The van der Waals surface area contributed by atoms with Crippen LogP contribution >= 0.6 is 0 Å². The van der Waals surface area contributed by atoms with Crippen molar-refractivity contribution in [2.24, 2.45) is 0 Å². The summed E-state index contributed by atoms with van der Waals surface area (Å²) in [5.74, 6) is 0.482. The summed E-state index contributed by atoms with van der Waals surface area (Å²) >= 11 is 0. The molecule has 1 atom stereocenters. The lowest BCUT2D eigenvalue weighted by Crippen LogP contribution is -2.36. The summed E-state index contributed by atoms with van der Waals surface area (Å²) in [6.07, 6.45) is 1.99. The van der Waals surface area contributed by atoms with Gasteiger partial charge in [0.25, 0.3) is 0 Å². The average Bonchev–Trinajstić information content (AvgIpc) is 2.96. The molecule has 26 heavy (non-hydrogen) atoms. The van der Waals surface area contributed by atoms with Gasteiger partial charge in [-0.3, -0.25) is 0 Å². The van der Waals surface area contributed by atoms with Gasteiger partial charge in [-0.25, -0.2) is 23.2 Å². The van der Waals surface area contributed by atoms with Crippen LogP contribution < -0.4 is 10.2 Å². The number of aromatic nitrogens is 2. The van der Waals surface area contributed by atoms with Crippen molar-refractivity contribution in [3.8, 4) is 0 Å². The second kappa shape index (κ2) is 7.28. The van der Waals surface area contributed by atoms with Crippen LogP contribution in [-0.4, -0.2) is 53.6 Å². The molecule has 8 nitrogen and oxygen atoms in total. The Bertz CT molecular complexity index is 916. The number of rotatable bonds is 6. The van der Waals surface area contributed by atoms with Gasteiger partial charge in [-0.05, 0) is 31.5 Å². The predicted octanol–water partition coefficient (Wildman–Crippen LogP) is 1.93. The molecule has 1 aromatic heterocycles. The molecule has 0 spiro atoms. The molecule has 1 aliphatic rings. The van der Waals surface area contributed by atoms with Gasteiger partial charge >= 0.3 is 5.97 Å². The number of carboxylic acid groups (broad SMARTS) is 1. The summed E-state index contributed by atoms with van der Waals surface area (Å²) in [4.78, 5) is 21.5. The van der Waals surface area contributed by atoms with Crippen LogP contribution in [0.25, 0.3) is 0 Å². The largest absolute Gasteiger partial charge is 0.478 e. The zero-order chi connectivity index (χ0) is 18.7. The first-order chi connectivity index (χ1) is 12.4.